The van der Waals surface area contributed by atoms with E-state index in [9.17, 15) is 9.59 Å². The minimum absolute atomic E-state index is 0.0776. The Morgan fingerprint density at radius 2 is 2.17 bits per heavy atom. The topological polar surface area (TPSA) is 61.2 Å². The molecule has 0 saturated carbocycles. The van der Waals surface area contributed by atoms with Crippen molar-refractivity contribution in [2.75, 3.05) is 12.9 Å². The first-order valence-electron chi connectivity index (χ1n) is 5.25. The Bertz CT molecular complexity index is 508. The molecule has 7 heteroatoms. The number of carbonyl (C=O) groups excluding carboxylic acids is 1. The molecule has 0 N–H and O–H groups in total. The molecule has 0 aliphatic rings. The number of carbonyl (C=O) groups is 1. The summed E-state index contributed by atoms with van der Waals surface area (Å²) < 4.78 is 5.83. The standard InChI is InChI=1S/C11H15ClN2O3S/c1-11(2,3)14-10(16)9(12)7(5-13-14)18-6-8(15)17-4/h5H,6H2,1-4H3. The molecule has 0 saturated heterocycles. The van der Waals surface area contributed by atoms with Crippen molar-refractivity contribution in [1.82, 2.24) is 9.78 Å². The molecular weight excluding hydrogens is 276 g/mol. The van der Waals surface area contributed by atoms with Gasteiger partial charge < -0.3 is 4.74 Å². The van der Waals surface area contributed by atoms with Gasteiger partial charge in [-0.25, -0.2) is 4.68 Å². The summed E-state index contributed by atoms with van der Waals surface area (Å²) in [4.78, 5) is 23.5. The van der Waals surface area contributed by atoms with Crippen LogP contribution in [0.2, 0.25) is 5.02 Å². The van der Waals surface area contributed by atoms with Gasteiger partial charge in [-0.15, -0.1) is 11.8 Å². The number of hydrogen-bond donors (Lipinski definition) is 0. The van der Waals surface area contributed by atoms with Crippen molar-refractivity contribution in [1.29, 1.82) is 0 Å². The highest BCUT2D eigenvalue weighted by Gasteiger charge is 2.19. The van der Waals surface area contributed by atoms with Gasteiger partial charge in [-0.05, 0) is 20.8 Å². The molecule has 0 unspecified atom stereocenters. The van der Waals surface area contributed by atoms with Crippen LogP contribution in [-0.4, -0.2) is 28.6 Å². The van der Waals surface area contributed by atoms with E-state index in [0.717, 1.165) is 11.8 Å². The molecule has 0 atom stereocenters. The van der Waals surface area contributed by atoms with Crippen molar-refractivity contribution in [3.63, 3.8) is 0 Å². The van der Waals surface area contributed by atoms with E-state index < -0.39 is 5.54 Å². The molecule has 1 aromatic rings. The van der Waals surface area contributed by atoms with Crippen molar-refractivity contribution < 1.29 is 9.53 Å². The first-order chi connectivity index (χ1) is 8.27. The van der Waals surface area contributed by atoms with Crippen molar-refractivity contribution in [2.45, 2.75) is 31.2 Å². The molecule has 0 fully saturated rings. The molecule has 1 aromatic heterocycles. The first-order valence-corrected chi connectivity index (χ1v) is 6.61. The Hall–Kier alpha value is -1.01. The lowest BCUT2D eigenvalue weighted by Gasteiger charge is -2.20. The summed E-state index contributed by atoms with van der Waals surface area (Å²) in [6, 6.07) is 0. The molecule has 1 heterocycles. The second kappa shape index (κ2) is 5.75. The van der Waals surface area contributed by atoms with E-state index in [1.807, 2.05) is 20.8 Å². The van der Waals surface area contributed by atoms with Gasteiger partial charge in [-0.1, -0.05) is 11.6 Å². The lowest BCUT2D eigenvalue weighted by atomic mass is 10.1. The number of thioether (sulfide) groups is 1. The smallest absolute Gasteiger partial charge is 0.315 e. The number of rotatable bonds is 3. The second-order valence-electron chi connectivity index (χ2n) is 4.58. The highest BCUT2D eigenvalue weighted by atomic mass is 35.5. The Morgan fingerprint density at radius 1 is 1.56 bits per heavy atom. The van der Waals surface area contributed by atoms with E-state index in [4.69, 9.17) is 11.6 Å². The number of nitrogens with zero attached hydrogens (tertiary/aromatic N) is 2. The van der Waals surface area contributed by atoms with Gasteiger partial charge >= 0.3 is 5.97 Å². The van der Waals surface area contributed by atoms with Crippen molar-refractivity contribution >= 4 is 29.3 Å². The minimum atomic E-state index is -0.438. The molecule has 0 spiro atoms. The average molecular weight is 291 g/mol. The maximum atomic E-state index is 12.0. The van der Waals surface area contributed by atoms with Gasteiger partial charge in [-0.3, -0.25) is 9.59 Å². The number of hydrogen-bond acceptors (Lipinski definition) is 5. The lowest BCUT2D eigenvalue weighted by molar-refractivity contribution is -0.137. The van der Waals surface area contributed by atoms with Gasteiger partial charge in [0.2, 0.25) is 0 Å². The van der Waals surface area contributed by atoms with Crippen molar-refractivity contribution in [3.8, 4) is 0 Å². The van der Waals surface area contributed by atoms with Gasteiger partial charge in [0.15, 0.2) is 0 Å². The average Bonchev–Trinajstić information content (AvgIpc) is 2.28. The fourth-order valence-corrected chi connectivity index (χ4v) is 2.21. The van der Waals surface area contributed by atoms with Gasteiger partial charge in [0.1, 0.15) is 5.02 Å². The highest BCUT2D eigenvalue weighted by molar-refractivity contribution is 8.00. The number of methoxy groups -OCH3 is 1. The van der Waals surface area contributed by atoms with Crippen LogP contribution >= 0.6 is 23.4 Å². The van der Waals surface area contributed by atoms with Crippen LogP contribution in [0.5, 0.6) is 0 Å². The lowest BCUT2D eigenvalue weighted by Crippen LogP contribution is -2.36. The summed E-state index contributed by atoms with van der Waals surface area (Å²) in [6.45, 7) is 5.58. The molecule has 5 nitrogen and oxygen atoms in total. The molecular formula is C11H15ClN2O3S. The Balaban J connectivity index is 3.02. The highest BCUT2D eigenvalue weighted by Crippen LogP contribution is 2.24. The quantitative estimate of drug-likeness (QED) is 0.629. The van der Waals surface area contributed by atoms with Gasteiger partial charge in [0.05, 0.1) is 29.5 Å². The molecule has 0 aliphatic carbocycles. The maximum Gasteiger partial charge on any atom is 0.315 e. The predicted octanol–water partition coefficient (Wildman–Crippen LogP) is 1.92. The van der Waals surface area contributed by atoms with Crippen LogP contribution in [0.15, 0.2) is 15.9 Å². The van der Waals surface area contributed by atoms with Crippen LogP contribution in [-0.2, 0) is 15.1 Å². The first kappa shape index (κ1) is 15.0. The third-order valence-corrected chi connectivity index (χ3v) is 3.57. The monoisotopic (exact) mass is 290 g/mol. The summed E-state index contributed by atoms with van der Waals surface area (Å²) in [7, 11) is 1.31. The fraction of sp³-hybridized carbons (Fsp3) is 0.545. The summed E-state index contributed by atoms with van der Waals surface area (Å²) >= 11 is 7.12. The molecule has 0 amide bonds. The Morgan fingerprint density at radius 3 is 2.67 bits per heavy atom. The van der Waals surface area contributed by atoms with Gasteiger partial charge in [0.25, 0.3) is 5.56 Å². The number of esters is 1. The largest absolute Gasteiger partial charge is 0.468 e. The summed E-state index contributed by atoms with van der Waals surface area (Å²) in [5.41, 5.74) is -0.800. The molecule has 0 aliphatic heterocycles. The van der Waals surface area contributed by atoms with Crippen LogP contribution < -0.4 is 5.56 Å². The molecule has 100 valence electrons. The third-order valence-electron chi connectivity index (χ3n) is 2.10. The van der Waals surface area contributed by atoms with Crippen LogP contribution in [0.1, 0.15) is 20.8 Å². The third kappa shape index (κ3) is 3.49. The number of ether oxygens (including phenoxy) is 1. The van der Waals surface area contributed by atoms with Crippen LogP contribution in [0, 0.1) is 0 Å². The van der Waals surface area contributed by atoms with Crippen LogP contribution in [0.25, 0.3) is 0 Å². The SMILES string of the molecule is COC(=O)CSc1cnn(C(C)(C)C)c(=O)c1Cl. The molecule has 18 heavy (non-hydrogen) atoms. The van der Waals surface area contributed by atoms with E-state index >= 15 is 0 Å². The van der Waals surface area contributed by atoms with Crippen molar-refractivity contribution in [2.24, 2.45) is 0 Å². The van der Waals surface area contributed by atoms with E-state index in [-0.39, 0.29) is 22.3 Å². The zero-order valence-electron chi connectivity index (χ0n) is 10.7. The summed E-state index contributed by atoms with van der Waals surface area (Å²) in [6.07, 6.45) is 1.49. The normalized spacial score (nSPS) is 11.4. The second-order valence-corrected chi connectivity index (χ2v) is 5.97. The Labute approximate surface area is 114 Å². The minimum Gasteiger partial charge on any atom is -0.468 e. The Kier molecular flexibility index (Phi) is 4.81. The molecule has 0 bridgehead atoms. The number of halogens is 1. The van der Waals surface area contributed by atoms with Crippen LogP contribution in [0.3, 0.4) is 0 Å². The molecule has 0 radical (unpaired) electrons. The molecule has 0 aromatic carbocycles. The predicted molar refractivity (Wildman–Crippen MR) is 71.2 cm³/mol. The van der Waals surface area contributed by atoms with E-state index in [1.165, 1.54) is 18.0 Å². The maximum absolute atomic E-state index is 12.0. The summed E-state index contributed by atoms with van der Waals surface area (Å²) in [5, 5.41) is 4.14. The summed E-state index contributed by atoms with van der Waals surface area (Å²) in [5.74, 6) is -0.285. The molecule has 1 rings (SSSR count). The van der Waals surface area contributed by atoms with Gasteiger partial charge in [0, 0.05) is 0 Å². The van der Waals surface area contributed by atoms with Crippen molar-refractivity contribution in [3.05, 3.63) is 21.6 Å². The van der Waals surface area contributed by atoms with E-state index in [0.29, 0.717) is 4.90 Å². The van der Waals surface area contributed by atoms with Gasteiger partial charge in [-0.2, -0.15) is 5.10 Å². The fourth-order valence-electron chi connectivity index (χ4n) is 1.19. The van der Waals surface area contributed by atoms with Crippen LogP contribution in [0.4, 0.5) is 0 Å². The van der Waals surface area contributed by atoms with E-state index in [2.05, 4.69) is 9.84 Å². The van der Waals surface area contributed by atoms with E-state index in [1.54, 1.807) is 0 Å². The number of aromatic nitrogens is 2. The zero-order chi connectivity index (χ0) is 13.9. The zero-order valence-corrected chi connectivity index (χ0v) is 12.3.